The minimum absolute atomic E-state index is 0.177. The normalized spacial score (nSPS) is 11.0. The molecule has 3 rings (SSSR count). The van der Waals surface area contributed by atoms with E-state index in [1.54, 1.807) is 6.20 Å². The number of imidazole rings is 1. The van der Waals surface area contributed by atoms with Crippen molar-refractivity contribution in [1.29, 1.82) is 0 Å². The van der Waals surface area contributed by atoms with Crippen LogP contribution in [0.1, 0.15) is 17.2 Å². The van der Waals surface area contributed by atoms with Gasteiger partial charge in [0.25, 0.3) is 0 Å². The second-order valence-electron chi connectivity index (χ2n) is 3.91. The van der Waals surface area contributed by atoms with Gasteiger partial charge in [0.15, 0.2) is 11.5 Å². The molecule has 0 bridgehead atoms. The van der Waals surface area contributed by atoms with Gasteiger partial charge in [-0.2, -0.15) is 0 Å². The van der Waals surface area contributed by atoms with Gasteiger partial charge in [0.05, 0.1) is 30.7 Å². The number of aromatic nitrogens is 6. The van der Waals surface area contributed by atoms with Crippen LogP contribution >= 0.6 is 0 Å². The monoisotopic (exact) mass is 257 g/mol. The van der Waals surface area contributed by atoms with Crippen molar-refractivity contribution in [3.05, 3.63) is 35.9 Å². The quantitative estimate of drug-likeness (QED) is 0.593. The molecule has 0 amide bonds. The Balaban J connectivity index is 2.01. The maximum absolute atomic E-state index is 9.20. The van der Waals surface area contributed by atoms with Crippen molar-refractivity contribution in [1.82, 2.24) is 29.9 Å². The summed E-state index contributed by atoms with van der Waals surface area (Å²) in [4.78, 5) is 23.6. The number of nitrogens with zero attached hydrogens (tertiary/aromatic N) is 5. The predicted octanol–water partition coefficient (Wildman–Crippen LogP) is -0.192. The molecule has 19 heavy (non-hydrogen) atoms. The minimum atomic E-state index is -0.177. The Kier molecular flexibility index (Phi) is 2.76. The Morgan fingerprint density at radius 3 is 2.68 bits per heavy atom. The molecule has 0 atom stereocenters. The lowest BCUT2D eigenvalue weighted by Gasteiger charge is -2.04. The highest BCUT2D eigenvalue weighted by Gasteiger charge is 2.11. The van der Waals surface area contributed by atoms with E-state index in [0.29, 0.717) is 40.6 Å². The molecule has 0 unspecified atom stereocenters. The van der Waals surface area contributed by atoms with Crippen molar-refractivity contribution < 1.29 is 5.11 Å². The summed E-state index contributed by atoms with van der Waals surface area (Å²) in [5.74, 6) is 0.833. The predicted molar refractivity (Wildman–Crippen MR) is 66.9 cm³/mol. The molecular formula is C11H11N7O. The van der Waals surface area contributed by atoms with E-state index < -0.39 is 0 Å². The van der Waals surface area contributed by atoms with Gasteiger partial charge < -0.3 is 15.8 Å². The Labute approximate surface area is 107 Å². The van der Waals surface area contributed by atoms with E-state index in [-0.39, 0.29) is 6.61 Å². The first-order valence-electron chi connectivity index (χ1n) is 5.63. The number of fused-ring (bicyclic) bond motifs is 1. The maximum atomic E-state index is 9.20. The van der Waals surface area contributed by atoms with Crippen LogP contribution in [0.25, 0.3) is 11.2 Å². The van der Waals surface area contributed by atoms with Crippen molar-refractivity contribution in [2.75, 3.05) is 5.73 Å². The Morgan fingerprint density at radius 2 is 1.89 bits per heavy atom. The number of nitrogens with two attached hydrogens (primary N) is 1. The first-order chi connectivity index (χ1) is 9.28. The number of hydrogen-bond donors (Lipinski definition) is 3. The van der Waals surface area contributed by atoms with Crippen molar-refractivity contribution in [2.45, 2.75) is 13.0 Å². The van der Waals surface area contributed by atoms with Crippen LogP contribution in [-0.2, 0) is 13.0 Å². The zero-order chi connectivity index (χ0) is 13.2. The summed E-state index contributed by atoms with van der Waals surface area (Å²) in [6.07, 6.45) is 4.95. The Bertz CT molecular complexity index is 724. The summed E-state index contributed by atoms with van der Waals surface area (Å²) in [7, 11) is 0. The van der Waals surface area contributed by atoms with Gasteiger partial charge in [-0.25, -0.2) is 15.0 Å². The topological polar surface area (TPSA) is 126 Å². The molecule has 0 saturated carbocycles. The number of aliphatic hydroxyl groups is 1. The first kappa shape index (κ1) is 11.5. The van der Waals surface area contributed by atoms with Gasteiger partial charge in [0.1, 0.15) is 11.3 Å². The van der Waals surface area contributed by atoms with E-state index in [1.807, 2.05) is 0 Å². The minimum Gasteiger partial charge on any atom is -0.390 e. The van der Waals surface area contributed by atoms with E-state index in [0.717, 1.165) is 0 Å². The third kappa shape index (κ3) is 2.08. The van der Waals surface area contributed by atoms with Crippen LogP contribution in [-0.4, -0.2) is 35.0 Å². The molecule has 8 heteroatoms. The van der Waals surface area contributed by atoms with Crippen molar-refractivity contribution in [2.24, 2.45) is 0 Å². The third-order valence-corrected chi connectivity index (χ3v) is 2.70. The van der Waals surface area contributed by atoms with Crippen molar-refractivity contribution in [3.8, 4) is 0 Å². The Morgan fingerprint density at radius 1 is 1.11 bits per heavy atom. The number of anilines is 1. The van der Waals surface area contributed by atoms with Gasteiger partial charge in [-0.15, -0.1) is 0 Å². The van der Waals surface area contributed by atoms with Crippen LogP contribution in [0.4, 0.5) is 5.82 Å². The van der Waals surface area contributed by atoms with Crippen molar-refractivity contribution >= 4 is 17.0 Å². The molecule has 0 aliphatic carbocycles. The summed E-state index contributed by atoms with van der Waals surface area (Å²) in [5.41, 5.74) is 8.08. The lowest BCUT2D eigenvalue weighted by molar-refractivity contribution is 0.275. The van der Waals surface area contributed by atoms with Crippen LogP contribution < -0.4 is 5.73 Å². The standard InChI is InChI=1S/C11H11N7O/c12-10-9-11(16-5-15-9)18-8(17-10)3-6-7(4-19)14-2-1-13-6/h1-2,5,19H,3-4H2,(H3,12,15,16,17,18). The second-order valence-corrected chi connectivity index (χ2v) is 3.91. The van der Waals surface area contributed by atoms with Crippen LogP contribution in [0.2, 0.25) is 0 Å². The fourth-order valence-electron chi connectivity index (χ4n) is 1.81. The Hall–Kier alpha value is -2.61. The zero-order valence-electron chi connectivity index (χ0n) is 9.91. The van der Waals surface area contributed by atoms with Crippen molar-refractivity contribution in [3.63, 3.8) is 0 Å². The molecule has 0 aliphatic rings. The summed E-state index contributed by atoms with van der Waals surface area (Å²) < 4.78 is 0. The molecule has 0 aromatic carbocycles. The molecule has 0 spiro atoms. The third-order valence-electron chi connectivity index (χ3n) is 2.70. The van der Waals surface area contributed by atoms with E-state index >= 15 is 0 Å². The zero-order valence-corrected chi connectivity index (χ0v) is 9.91. The summed E-state index contributed by atoms with van der Waals surface area (Å²) in [6.45, 7) is -0.177. The number of H-pyrrole nitrogens is 1. The van der Waals surface area contributed by atoms with E-state index in [2.05, 4.69) is 29.9 Å². The van der Waals surface area contributed by atoms with Gasteiger partial charge in [0.2, 0.25) is 0 Å². The smallest absolute Gasteiger partial charge is 0.183 e. The van der Waals surface area contributed by atoms with E-state index in [4.69, 9.17) is 5.73 Å². The fourth-order valence-corrected chi connectivity index (χ4v) is 1.81. The molecule has 0 saturated heterocycles. The van der Waals surface area contributed by atoms with Crippen LogP contribution in [0.5, 0.6) is 0 Å². The first-order valence-corrected chi connectivity index (χ1v) is 5.63. The molecule has 0 radical (unpaired) electrons. The highest BCUT2D eigenvalue weighted by molar-refractivity contribution is 5.80. The molecule has 96 valence electrons. The van der Waals surface area contributed by atoms with Gasteiger partial charge in [-0.05, 0) is 0 Å². The number of rotatable bonds is 3. The number of aliphatic hydroxyl groups excluding tert-OH is 1. The van der Waals surface area contributed by atoms with Gasteiger partial charge in [-0.1, -0.05) is 0 Å². The van der Waals surface area contributed by atoms with Crippen LogP contribution in [0, 0.1) is 0 Å². The molecule has 0 aliphatic heterocycles. The largest absolute Gasteiger partial charge is 0.390 e. The molecule has 8 nitrogen and oxygen atoms in total. The lowest BCUT2D eigenvalue weighted by Crippen LogP contribution is -2.06. The highest BCUT2D eigenvalue weighted by Crippen LogP contribution is 2.15. The van der Waals surface area contributed by atoms with Gasteiger partial charge in [0, 0.05) is 12.4 Å². The SMILES string of the molecule is Nc1nc(Cc2nccnc2CO)nc2nc[nH]c12. The number of nitrogens with one attached hydrogen (secondary N) is 1. The number of nitrogen functional groups attached to an aromatic ring is 1. The molecule has 3 aromatic rings. The molecule has 0 fully saturated rings. The van der Waals surface area contributed by atoms with Crippen LogP contribution in [0.3, 0.4) is 0 Å². The van der Waals surface area contributed by atoms with E-state index in [9.17, 15) is 5.11 Å². The number of hydrogen-bond acceptors (Lipinski definition) is 7. The highest BCUT2D eigenvalue weighted by atomic mass is 16.3. The molecule has 3 heterocycles. The summed E-state index contributed by atoms with van der Waals surface area (Å²) in [5, 5.41) is 9.20. The average molecular weight is 257 g/mol. The van der Waals surface area contributed by atoms with Gasteiger partial charge in [-0.3, -0.25) is 9.97 Å². The fraction of sp³-hybridized carbons (Fsp3) is 0.182. The molecule has 4 N–H and O–H groups in total. The number of aromatic amines is 1. The maximum Gasteiger partial charge on any atom is 0.183 e. The summed E-state index contributed by atoms with van der Waals surface area (Å²) >= 11 is 0. The molecular weight excluding hydrogens is 246 g/mol. The second kappa shape index (κ2) is 4.58. The van der Waals surface area contributed by atoms with Crippen LogP contribution in [0.15, 0.2) is 18.7 Å². The average Bonchev–Trinajstić information content (AvgIpc) is 2.88. The summed E-state index contributed by atoms with van der Waals surface area (Å²) in [6, 6.07) is 0. The van der Waals surface area contributed by atoms with E-state index in [1.165, 1.54) is 12.5 Å². The molecule has 3 aromatic heterocycles. The lowest BCUT2D eigenvalue weighted by atomic mass is 10.2. The van der Waals surface area contributed by atoms with Gasteiger partial charge >= 0.3 is 0 Å².